The van der Waals surface area contributed by atoms with Gasteiger partial charge < -0.3 is 25.5 Å². The molecule has 0 saturated heterocycles. The largest absolute Gasteiger partial charge is 0.510 e. The summed E-state index contributed by atoms with van der Waals surface area (Å²) in [5.74, 6) is -5.82. The number of phenolic OH excluding ortho intramolecular Hbond substituents is 1. The number of carbonyl (C=O) groups is 3. The Hall–Kier alpha value is -3.79. The molecular formula is C31H33NO8. The molecule has 0 fully saturated rings. The average Bonchev–Trinajstić information content (AvgIpc) is 2.89. The molecular weight excluding hydrogens is 514 g/mol. The lowest BCUT2D eigenvalue weighted by Gasteiger charge is -2.50. The number of Topliss-reactive ketones (excluding diaryl/α,β-unsaturated/α-hetero) is 3. The van der Waals surface area contributed by atoms with Crippen LogP contribution in [0.1, 0.15) is 41.3 Å². The van der Waals surface area contributed by atoms with Crippen molar-refractivity contribution in [2.45, 2.75) is 44.2 Å². The number of aromatic hydroxyl groups is 1. The van der Waals surface area contributed by atoms with E-state index in [0.29, 0.717) is 18.4 Å². The number of ketones is 3. The summed E-state index contributed by atoms with van der Waals surface area (Å²) in [7, 11) is 3.26. The van der Waals surface area contributed by atoms with E-state index in [9.17, 15) is 39.9 Å². The molecule has 40 heavy (non-hydrogen) atoms. The molecule has 9 heteroatoms. The Labute approximate surface area is 231 Å². The number of benzene rings is 2. The van der Waals surface area contributed by atoms with Gasteiger partial charge in [-0.15, -0.1) is 0 Å². The quantitative estimate of drug-likeness (QED) is 0.343. The summed E-state index contributed by atoms with van der Waals surface area (Å²) in [6.07, 6.45) is 1.58. The van der Waals surface area contributed by atoms with Gasteiger partial charge in [0.2, 0.25) is 5.78 Å². The standard InChI is InChI=1S/C31H33NO8/c1-15(34)23-28(37)26(32(2)3)21-14-18-13-20-19(17-8-4-6-16(12-17)7-5-11-33)9-10-22(35)25(20)27(36)24(18)30(39)31(21,40)29(23)38/h4,6,8-10,12,18,21,26,33,35,37,39-40H,5,7,11,13-14H2,1-3H3/t18-,21-,26-,31+/m0/s1. The van der Waals surface area contributed by atoms with Crippen molar-refractivity contribution in [1.29, 1.82) is 0 Å². The van der Waals surface area contributed by atoms with E-state index in [2.05, 4.69) is 0 Å². The van der Waals surface area contributed by atoms with Crippen molar-refractivity contribution >= 4 is 17.3 Å². The van der Waals surface area contributed by atoms with E-state index >= 15 is 0 Å². The number of fused-ring (bicyclic) bond motifs is 3. The van der Waals surface area contributed by atoms with E-state index in [4.69, 9.17) is 0 Å². The lowest BCUT2D eigenvalue weighted by atomic mass is 9.58. The number of allylic oxidation sites excluding steroid dienone is 1. The molecule has 9 nitrogen and oxygen atoms in total. The van der Waals surface area contributed by atoms with Crippen LogP contribution in [0.15, 0.2) is 59.1 Å². The van der Waals surface area contributed by atoms with Crippen LogP contribution in [0.3, 0.4) is 0 Å². The molecule has 210 valence electrons. The van der Waals surface area contributed by atoms with Crippen molar-refractivity contribution in [3.05, 3.63) is 75.8 Å². The minimum absolute atomic E-state index is 0.00397. The minimum atomic E-state index is -2.59. The van der Waals surface area contributed by atoms with Crippen molar-refractivity contribution in [3.8, 4) is 16.9 Å². The van der Waals surface area contributed by atoms with Crippen LogP contribution in [-0.2, 0) is 22.4 Å². The first-order valence-electron chi connectivity index (χ1n) is 13.3. The van der Waals surface area contributed by atoms with Gasteiger partial charge in [-0.05, 0) is 80.9 Å². The highest BCUT2D eigenvalue weighted by Crippen LogP contribution is 2.53. The van der Waals surface area contributed by atoms with E-state index in [0.717, 1.165) is 23.6 Å². The summed E-state index contributed by atoms with van der Waals surface area (Å²) >= 11 is 0. The molecule has 0 spiro atoms. The van der Waals surface area contributed by atoms with Crippen LogP contribution in [0.25, 0.3) is 11.1 Å². The van der Waals surface area contributed by atoms with Crippen LogP contribution in [0.4, 0.5) is 0 Å². The lowest BCUT2D eigenvalue weighted by molar-refractivity contribution is -0.148. The van der Waals surface area contributed by atoms with Gasteiger partial charge in [-0.2, -0.15) is 0 Å². The SMILES string of the molecule is CC(=O)C1=C(O)[C@@H](N(C)C)[C@@H]2C[C@@H]3Cc4c(-c5cccc(CCCO)c5)ccc(O)c4C(=O)C3=C(O)[C@]2(O)C1=O. The Bertz CT molecular complexity index is 1500. The third kappa shape index (κ3) is 3.99. The Morgan fingerprint density at radius 3 is 2.48 bits per heavy atom. The van der Waals surface area contributed by atoms with Crippen LogP contribution >= 0.6 is 0 Å². The average molecular weight is 548 g/mol. The fraction of sp³-hybridized carbons (Fsp3) is 0.387. The van der Waals surface area contributed by atoms with Gasteiger partial charge in [-0.25, -0.2) is 0 Å². The zero-order valence-corrected chi connectivity index (χ0v) is 22.6. The molecule has 0 radical (unpaired) electrons. The van der Waals surface area contributed by atoms with Crippen LogP contribution in [0, 0.1) is 11.8 Å². The normalized spacial score (nSPS) is 26.1. The highest BCUT2D eigenvalue weighted by atomic mass is 16.3. The Morgan fingerprint density at radius 2 is 1.82 bits per heavy atom. The molecule has 5 N–H and O–H groups in total. The number of aliphatic hydroxyl groups excluding tert-OH is 3. The number of hydrogen-bond acceptors (Lipinski definition) is 9. The van der Waals surface area contributed by atoms with Crippen LogP contribution in [0.2, 0.25) is 0 Å². The van der Waals surface area contributed by atoms with Crippen molar-refractivity contribution in [3.63, 3.8) is 0 Å². The van der Waals surface area contributed by atoms with E-state index in [1.54, 1.807) is 25.1 Å². The highest BCUT2D eigenvalue weighted by molar-refractivity contribution is 6.25. The first kappa shape index (κ1) is 27.8. The Balaban J connectivity index is 1.68. The number of carbonyl (C=O) groups excluding carboxylic acids is 3. The third-order valence-electron chi connectivity index (χ3n) is 8.57. The maximum Gasteiger partial charge on any atom is 0.209 e. The van der Waals surface area contributed by atoms with Crippen LogP contribution < -0.4 is 0 Å². The molecule has 0 saturated carbocycles. The van der Waals surface area contributed by atoms with Gasteiger partial charge in [-0.1, -0.05) is 30.3 Å². The van der Waals surface area contributed by atoms with Crippen molar-refractivity contribution < 1.29 is 39.9 Å². The van der Waals surface area contributed by atoms with E-state index in [1.807, 2.05) is 24.3 Å². The summed E-state index contributed by atoms with van der Waals surface area (Å²) in [5.41, 5.74) is -0.195. The summed E-state index contributed by atoms with van der Waals surface area (Å²) in [5, 5.41) is 54.2. The number of phenols is 1. The third-order valence-corrected chi connectivity index (χ3v) is 8.57. The molecule has 2 aromatic carbocycles. The number of aliphatic hydroxyl groups is 4. The molecule has 0 aliphatic heterocycles. The molecule has 2 aromatic rings. The molecule has 5 rings (SSSR count). The summed E-state index contributed by atoms with van der Waals surface area (Å²) in [6, 6.07) is 9.90. The van der Waals surface area contributed by atoms with Gasteiger partial charge in [0.25, 0.3) is 0 Å². The van der Waals surface area contributed by atoms with Gasteiger partial charge in [-0.3, -0.25) is 19.3 Å². The highest BCUT2D eigenvalue weighted by Gasteiger charge is 2.63. The predicted octanol–water partition coefficient (Wildman–Crippen LogP) is 2.82. The fourth-order valence-electron chi connectivity index (χ4n) is 6.80. The molecule has 0 heterocycles. The number of aryl methyl sites for hydroxylation is 1. The van der Waals surface area contributed by atoms with Gasteiger partial charge in [0.15, 0.2) is 17.2 Å². The summed E-state index contributed by atoms with van der Waals surface area (Å²) in [6.45, 7) is 1.16. The van der Waals surface area contributed by atoms with Crippen molar-refractivity contribution in [2.75, 3.05) is 20.7 Å². The molecule has 0 amide bonds. The molecule has 4 atom stereocenters. The van der Waals surface area contributed by atoms with Crippen LogP contribution in [0.5, 0.6) is 5.75 Å². The monoisotopic (exact) mass is 547 g/mol. The first-order chi connectivity index (χ1) is 18.9. The molecule has 0 bridgehead atoms. The lowest BCUT2D eigenvalue weighted by Crippen LogP contribution is -2.63. The Kier molecular flexibility index (Phi) is 6.94. The van der Waals surface area contributed by atoms with E-state index in [-0.39, 0.29) is 36.3 Å². The number of likely N-dealkylation sites (N-methyl/N-ethyl adjacent to an activating group) is 1. The van der Waals surface area contributed by atoms with Crippen molar-refractivity contribution in [2.24, 2.45) is 11.8 Å². The number of rotatable bonds is 6. The van der Waals surface area contributed by atoms with E-state index in [1.165, 1.54) is 6.07 Å². The smallest absolute Gasteiger partial charge is 0.209 e. The molecule has 0 unspecified atom stereocenters. The molecule has 0 aromatic heterocycles. The number of hydrogen-bond donors (Lipinski definition) is 5. The zero-order valence-electron chi connectivity index (χ0n) is 22.6. The second-order valence-corrected chi connectivity index (χ2v) is 11.2. The fourth-order valence-corrected chi connectivity index (χ4v) is 6.80. The minimum Gasteiger partial charge on any atom is -0.510 e. The second kappa shape index (κ2) is 9.99. The van der Waals surface area contributed by atoms with Crippen molar-refractivity contribution in [1.82, 2.24) is 4.90 Å². The maximum atomic E-state index is 13.9. The van der Waals surface area contributed by atoms with Gasteiger partial charge >= 0.3 is 0 Å². The summed E-state index contributed by atoms with van der Waals surface area (Å²) in [4.78, 5) is 41.3. The molecule has 3 aliphatic rings. The topological polar surface area (TPSA) is 156 Å². The summed E-state index contributed by atoms with van der Waals surface area (Å²) < 4.78 is 0. The predicted molar refractivity (Wildman–Crippen MR) is 146 cm³/mol. The Morgan fingerprint density at radius 1 is 1.10 bits per heavy atom. The van der Waals surface area contributed by atoms with Gasteiger partial charge in [0, 0.05) is 18.1 Å². The molecule has 3 aliphatic carbocycles. The van der Waals surface area contributed by atoms with Gasteiger partial charge in [0.05, 0.1) is 11.6 Å². The zero-order chi connectivity index (χ0) is 29.1. The second-order valence-electron chi connectivity index (χ2n) is 11.2. The maximum absolute atomic E-state index is 13.9. The first-order valence-corrected chi connectivity index (χ1v) is 13.3. The number of nitrogens with zero attached hydrogens (tertiary/aromatic N) is 1. The van der Waals surface area contributed by atoms with E-state index < -0.39 is 57.9 Å². The van der Waals surface area contributed by atoms with Crippen LogP contribution in [-0.4, -0.2) is 80.1 Å². The van der Waals surface area contributed by atoms with Gasteiger partial charge in [0.1, 0.15) is 22.8 Å².